The number of hydrogen-bond donors (Lipinski definition) is 1. The van der Waals surface area contributed by atoms with Gasteiger partial charge in [-0.15, -0.1) is 0 Å². The van der Waals surface area contributed by atoms with Crippen LogP contribution in [0.4, 0.5) is 0 Å². The van der Waals surface area contributed by atoms with Crippen LogP contribution in [0.3, 0.4) is 0 Å². The maximum atomic E-state index is 3.23. The van der Waals surface area contributed by atoms with Crippen molar-refractivity contribution < 1.29 is 0 Å². The lowest BCUT2D eigenvalue weighted by Gasteiger charge is -2.25. The van der Waals surface area contributed by atoms with Crippen LogP contribution in [0, 0.1) is 0 Å². The van der Waals surface area contributed by atoms with Crippen LogP contribution in [0.2, 0.25) is 0 Å². The molecule has 2 heteroatoms. The minimum Gasteiger partial charge on any atom is -0.314 e. The van der Waals surface area contributed by atoms with E-state index in [0.29, 0.717) is 0 Å². The first-order valence-corrected chi connectivity index (χ1v) is 3.80. The lowest BCUT2D eigenvalue weighted by atomic mass is 10.3. The standard InChI is InChI=1S/C5H11NS/c1-2-7-5-3-6-4-5/h5-6H,2-4H2,1H3. The van der Waals surface area contributed by atoms with Crippen LogP contribution in [-0.2, 0) is 0 Å². The van der Waals surface area contributed by atoms with Crippen LogP contribution in [0.25, 0.3) is 0 Å². The van der Waals surface area contributed by atoms with Crippen molar-refractivity contribution in [2.75, 3.05) is 18.8 Å². The summed E-state index contributed by atoms with van der Waals surface area (Å²) in [6.07, 6.45) is 0. The summed E-state index contributed by atoms with van der Waals surface area (Å²) in [5.74, 6) is 1.27. The highest BCUT2D eigenvalue weighted by molar-refractivity contribution is 7.99. The number of rotatable bonds is 2. The van der Waals surface area contributed by atoms with Gasteiger partial charge in [-0.1, -0.05) is 6.92 Å². The Labute approximate surface area is 48.9 Å². The van der Waals surface area contributed by atoms with Crippen LogP contribution < -0.4 is 5.32 Å². The maximum absolute atomic E-state index is 3.23. The summed E-state index contributed by atoms with van der Waals surface area (Å²) < 4.78 is 0. The first-order valence-electron chi connectivity index (χ1n) is 2.76. The second-order valence-corrected chi connectivity index (χ2v) is 3.31. The van der Waals surface area contributed by atoms with E-state index in [0.717, 1.165) is 5.25 Å². The minimum absolute atomic E-state index is 0.935. The molecule has 0 unspecified atom stereocenters. The van der Waals surface area contributed by atoms with E-state index >= 15 is 0 Å². The molecular formula is C5H11NS. The molecule has 0 aromatic rings. The van der Waals surface area contributed by atoms with Gasteiger partial charge in [-0.05, 0) is 5.75 Å². The van der Waals surface area contributed by atoms with Gasteiger partial charge in [0.1, 0.15) is 0 Å². The zero-order valence-electron chi connectivity index (χ0n) is 4.61. The molecule has 0 spiro atoms. The van der Waals surface area contributed by atoms with Gasteiger partial charge in [0.15, 0.2) is 0 Å². The molecule has 1 saturated heterocycles. The molecule has 0 saturated carbocycles. The van der Waals surface area contributed by atoms with Gasteiger partial charge in [0.05, 0.1) is 0 Å². The van der Waals surface area contributed by atoms with Crippen LogP contribution >= 0.6 is 11.8 Å². The minimum atomic E-state index is 0.935. The Bertz CT molecular complexity index is 52.0. The molecule has 1 aliphatic heterocycles. The molecule has 1 fully saturated rings. The second-order valence-electron chi connectivity index (χ2n) is 1.74. The third kappa shape index (κ3) is 1.35. The van der Waals surface area contributed by atoms with Gasteiger partial charge in [0, 0.05) is 18.3 Å². The third-order valence-corrected chi connectivity index (χ3v) is 2.28. The normalized spacial score (nSPS) is 21.9. The molecule has 1 heterocycles. The zero-order valence-corrected chi connectivity index (χ0v) is 5.42. The number of nitrogens with one attached hydrogen (secondary N) is 1. The van der Waals surface area contributed by atoms with Gasteiger partial charge in [0.2, 0.25) is 0 Å². The molecule has 0 aromatic heterocycles. The Hall–Kier alpha value is 0.310. The molecule has 0 amide bonds. The molecule has 42 valence electrons. The van der Waals surface area contributed by atoms with Gasteiger partial charge in [-0.2, -0.15) is 11.8 Å². The average Bonchev–Trinajstić information content (AvgIpc) is 1.55. The predicted octanol–water partition coefficient (Wildman–Crippen LogP) is 0.711. The summed E-state index contributed by atoms with van der Waals surface area (Å²) in [7, 11) is 0. The Morgan fingerprint density at radius 1 is 1.71 bits per heavy atom. The lowest BCUT2D eigenvalue weighted by Crippen LogP contribution is -2.44. The van der Waals surface area contributed by atoms with Gasteiger partial charge in [-0.3, -0.25) is 0 Å². The van der Waals surface area contributed by atoms with E-state index in [1.54, 1.807) is 0 Å². The molecule has 0 bridgehead atoms. The highest BCUT2D eigenvalue weighted by atomic mass is 32.2. The summed E-state index contributed by atoms with van der Waals surface area (Å²) >= 11 is 2.06. The van der Waals surface area contributed by atoms with E-state index in [1.807, 2.05) is 0 Å². The Balaban J connectivity index is 1.93. The van der Waals surface area contributed by atoms with Gasteiger partial charge in [0.25, 0.3) is 0 Å². The fourth-order valence-electron chi connectivity index (χ4n) is 0.616. The van der Waals surface area contributed by atoms with Gasteiger partial charge in [-0.25, -0.2) is 0 Å². The quantitative estimate of drug-likeness (QED) is 0.571. The van der Waals surface area contributed by atoms with E-state index in [9.17, 15) is 0 Å². The summed E-state index contributed by atoms with van der Waals surface area (Å²) in [5.41, 5.74) is 0. The van der Waals surface area contributed by atoms with E-state index in [-0.39, 0.29) is 0 Å². The molecule has 0 aliphatic carbocycles. The monoisotopic (exact) mass is 117 g/mol. The Morgan fingerprint density at radius 3 is 2.57 bits per heavy atom. The average molecular weight is 117 g/mol. The van der Waals surface area contributed by atoms with Crippen molar-refractivity contribution in [1.82, 2.24) is 5.32 Å². The largest absolute Gasteiger partial charge is 0.314 e. The summed E-state index contributed by atoms with van der Waals surface area (Å²) in [5, 5.41) is 4.16. The van der Waals surface area contributed by atoms with Crippen molar-refractivity contribution in [3.05, 3.63) is 0 Å². The van der Waals surface area contributed by atoms with Crippen molar-refractivity contribution in [2.45, 2.75) is 12.2 Å². The van der Waals surface area contributed by atoms with Crippen molar-refractivity contribution in [3.8, 4) is 0 Å². The molecule has 7 heavy (non-hydrogen) atoms. The van der Waals surface area contributed by atoms with Gasteiger partial charge >= 0.3 is 0 Å². The van der Waals surface area contributed by atoms with Crippen LogP contribution in [0.15, 0.2) is 0 Å². The second kappa shape index (κ2) is 2.58. The van der Waals surface area contributed by atoms with Crippen LogP contribution in [0.5, 0.6) is 0 Å². The van der Waals surface area contributed by atoms with Gasteiger partial charge < -0.3 is 5.32 Å². The maximum Gasteiger partial charge on any atom is 0.0297 e. The van der Waals surface area contributed by atoms with Crippen molar-refractivity contribution >= 4 is 11.8 Å². The summed E-state index contributed by atoms with van der Waals surface area (Å²) in [6, 6.07) is 0. The topological polar surface area (TPSA) is 12.0 Å². The van der Waals surface area contributed by atoms with Crippen LogP contribution in [0.1, 0.15) is 6.92 Å². The Morgan fingerprint density at radius 2 is 2.43 bits per heavy atom. The molecule has 0 aromatic carbocycles. The zero-order chi connectivity index (χ0) is 5.11. The summed E-state index contributed by atoms with van der Waals surface area (Å²) in [4.78, 5) is 0. The number of hydrogen-bond acceptors (Lipinski definition) is 2. The third-order valence-electron chi connectivity index (χ3n) is 1.15. The van der Waals surface area contributed by atoms with Crippen molar-refractivity contribution in [3.63, 3.8) is 0 Å². The molecule has 1 nitrogen and oxygen atoms in total. The Kier molecular flexibility index (Phi) is 2.00. The smallest absolute Gasteiger partial charge is 0.0297 e. The molecule has 1 aliphatic rings. The summed E-state index contributed by atoms with van der Waals surface area (Å²) in [6.45, 7) is 4.68. The SMILES string of the molecule is CCSC1CNC1. The first kappa shape index (κ1) is 5.45. The molecular weight excluding hydrogens is 106 g/mol. The fourth-order valence-corrected chi connectivity index (χ4v) is 1.56. The first-order chi connectivity index (χ1) is 3.43. The highest BCUT2D eigenvalue weighted by Gasteiger charge is 2.14. The van der Waals surface area contributed by atoms with E-state index in [2.05, 4.69) is 24.0 Å². The van der Waals surface area contributed by atoms with Crippen molar-refractivity contribution in [1.29, 1.82) is 0 Å². The van der Waals surface area contributed by atoms with E-state index in [1.165, 1.54) is 18.8 Å². The number of thioether (sulfide) groups is 1. The molecule has 1 N–H and O–H groups in total. The molecule has 1 rings (SSSR count). The predicted molar refractivity (Wildman–Crippen MR) is 34.8 cm³/mol. The molecule has 0 radical (unpaired) electrons. The molecule has 0 atom stereocenters. The fraction of sp³-hybridized carbons (Fsp3) is 1.00. The van der Waals surface area contributed by atoms with Crippen molar-refractivity contribution in [2.24, 2.45) is 0 Å². The van der Waals surface area contributed by atoms with E-state index in [4.69, 9.17) is 0 Å². The van der Waals surface area contributed by atoms with E-state index < -0.39 is 0 Å². The lowest BCUT2D eigenvalue weighted by molar-refractivity contribution is 0.544. The highest BCUT2D eigenvalue weighted by Crippen LogP contribution is 2.12. The van der Waals surface area contributed by atoms with Crippen LogP contribution in [-0.4, -0.2) is 24.1 Å².